The SMILES string of the molecule is CC(=O)Nc1nc2ccc(NS(=O)(=O)c3ccc(C)cc3C)cc2s1. The molecule has 0 saturated heterocycles. The van der Waals surface area contributed by atoms with E-state index in [0.29, 0.717) is 21.9 Å². The van der Waals surface area contributed by atoms with Gasteiger partial charge in [-0.2, -0.15) is 0 Å². The standard InChI is InChI=1S/C17H17N3O3S2/c1-10-4-7-16(11(2)8-10)25(22,23)20-13-5-6-14-15(9-13)24-17(19-14)18-12(3)21/h4-9,20H,1-3H3,(H,18,19,21). The lowest BCUT2D eigenvalue weighted by Crippen LogP contribution is -2.14. The Morgan fingerprint density at radius 1 is 1.12 bits per heavy atom. The van der Waals surface area contributed by atoms with E-state index in [0.717, 1.165) is 10.3 Å². The van der Waals surface area contributed by atoms with Gasteiger partial charge >= 0.3 is 0 Å². The smallest absolute Gasteiger partial charge is 0.262 e. The molecule has 0 saturated carbocycles. The first-order chi connectivity index (χ1) is 11.7. The van der Waals surface area contributed by atoms with Crippen LogP contribution in [0.25, 0.3) is 10.2 Å². The third-order valence-electron chi connectivity index (χ3n) is 3.54. The van der Waals surface area contributed by atoms with Crippen molar-refractivity contribution in [3.63, 3.8) is 0 Å². The number of nitrogens with one attached hydrogen (secondary N) is 2. The molecule has 2 N–H and O–H groups in total. The van der Waals surface area contributed by atoms with Crippen molar-refractivity contribution in [1.29, 1.82) is 0 Å². The molecule has 0 aliphatic carbocycles. The number of nitrogens with zero attached hydrogens (tertiary/aromatic N) is 1. The number of aryl methyl sites for hydroxylation is 2. The predicted molar refractivity (Wildman–Crippen MR) is 101 cm³/mol. The zero-order valence-electron chi connectivity index (χ0n) is 14.0. The molecular weight excluding hydrogens is 358 g/mol. The fourth-order valence-electron chi connectivity index (χ4n) is 2.50. The molecule has 0 fully saturated rings. The Labute approximate surface area is 150 Å². The molecular formula is C17H17N3O3S2. The van der Waals surface area contributed by atoms with Crippen LogP contribution in [-0.2, 0) is 14.8 Å². The molecule has 8 heteroatoms. The van der Waals surface area contributed by atoms with E-state index in [9.17, 15) is 13.2 Å². The largest absolute Gasteiger partial charge is 0.302 e. The summed E-state index contributed by atoms with van der Waals surface area (Å²) < 4.78 is 28.7. The van der Waals surface area contributed by atoms with Gasteiger partial charge in [-0.1, -0.05) is 29.0 Å². The van der Waals surface area contributed by atoms with Crippen molar-refractivity contribution in [1.82, 2.24) is 4.98 Å². The van der Waals surface area contributed by atoms with E-state index >= 15 is 0 Å². The number of hydrogen-bond acceptors (Lipinski definition) is 5. The molecule has 3 aromatic rings. The van der Waals surface area contributed by atoms with Crippen LogP contribution in [0, 0.1) is 13.8 Å². The van der Waals surface area contributed by atoms with Crippen LogP contribution in [0.4, 0.5) is 10.8 Å². The van der Waals surface area contributed by atoms with Crippen LogP contribution in [0.5, 0.6) is 0 Å². The molecule has 0 aliphatic rings. The topological polar surface area (TPSA) is 88.2 Å². The third-order valence-corrected chi connectivity index (χ3v) is 6.02. The number of carbonyl (C=O) groups is 1. The maximum atomic E-state index is 12.6. The summed E-state index contributed by atoms with van der Waals surface area (Å²) in [6.45, 7) is 5.10. The first-order valence-corrected chi connectivity index (χ1v) is 9.83. The summed E-state index contributed by atoms with van der Waals surface area (Å²) >= 11 is 1.29. The van der Waals surface area contributed by atoms with Crippen LogP contribution in [-0.4, -0.2) is 19.3 Å². The predicted octanol–water partition coefficient (Wildman–Crippen LogP) is 3.67. The molecule has 0 atom stereocenters. The number of hydrogen-bond donors (Lipinski definition) is 2. The number of aromatic nitrogens is 1. The molecule has 130 valence electrons. The van der Waals surface area contributed by atoms with Crippen molar-refractivity contribution in [2.24, 2.45) is 0 Å². The molecule has 0 unspecified atom stereocenters. The average molecular weight is 375 g/mol. The minimum Gasteiger partial charge on any atom is -0.302 e. The number of fused-ring (bicyclic) bond motifs is 1. The van der Waals surface area contributed by atoms with Gasteiger partial charge < -0.3 is 5.32 Å². The van der Waals surface area contributed by atoms with Crippen molar-refractivity contribution >= 4 is 48.3 Å². The van der Waals surface area contributed by atoms with E-state index in [2.05, 4.69) is 15.0 Å². The zero-order valence-corrected chi connectivity index (χ0v) is 15.6. The molecule has 6 nitrogen and oxygen atoms in total. The number of carbonyl (C=O) groups excluding carboxylic acids is 1. The Bertz CT molecular complexity index is 1070. The lowest BCUT2D eigenvalue weighted by atomic mass is 10.2. The highest BCUT2D eigenvalue weighted by Crippen LogP contribution is 2.29. The molecule has 0 spiro atoms. The summed E-state index contributed by atoms with van der Waals surface area (Å²) in [7, 11) is -3.68. The highest BCUT2D eigenvalue weighted by atomic mass is 32.2. The summed E-state index contributed by atoms with van der Waals surface area (Å²) in [5.41, 5.74) is 2.85. The maximum Gasteiger partial charge on any atom is 0.262 e. The first-order valence-electron chi connectivity index (χ1n) is 7.53. The summed E-state index contributed by atoms with van der Waals surface area (Å²) in [4.78, 5) is 15.7. The van der Waals surface area contributed by atoms with Crippen LogP contribution in [0.3, 0.4) is 0 Å². The van der Waals surface area contributed by atoms with Crippen molar-refractivity contribution in [2.75, 3.05) is 10.0 Å². The number of sulfonamides is 1. The summed E-state index contributed by atoms with van der Waals surface area (Å²) in [6, 6.07) is 10.3. The number of benzene rings is 2. The highest BCUT2D eigenvalue weighted by Gasteiger charge is 2.17. The van der Waals surface area contributed by atoms with E-state index < -0.39 is 10.0 Å². The van der Waals surface area contributed by atoms with Crippen LogP contribution in [0.15, 0.2) is 41.3 Å². The van der Waals surface area contributed by atoms with Gasteiger partial charge in [0, 0.05) is 6.92 Å². The molecule has 2 aromatic carbocycles. The lowest BCUT2D eigenvalue weighted by Gasteiger charge is -2.11. The number of rotatable bonds is 4. The van der Waals surface area contributed by atoms with Gasteiger partial charge in [0.2, 0.25) is 5.91 Å². The second-order valence-electron chi connectivity index (χ2n) is 5.76. The molecule has 25 heavy (non-hydrogen) atoms. The molecule has 1 amide bonds. The minimum atomic E-state index is -3.68. The van der Waals surface area contributed by atoms with Crippen molar-refractivity contribution in [3.05, 3.63) is 47.5 Å². The Morgan fingerprint density at radius 2 is 1.88 bits per heavy atom. The maximum absolute atomic E-state index is 12.6. The van der Waals surface area contributed by atoms with E-state index in [1.165, 1.54) is 18.3 Å². The minimum absolute atomic E-state index is 0.199. The molecule has 0 aliphatic heterocycles. The Morgan fingerprint density at radius 3 is 2.56 bits per heavy atom. The summed E-state index contributed by atoms with van der Waals surface area (Å²) in [6.07, 6.45) is 0. The summed E-state index contributed by atoms with van der Waals surface area (Å²) in [5.74, 6) is -0.199. The fourth-order valence-corrected chi connectivity index (χ4v) is 4.73. The van der Waals surface area contributed by atoms with Gasteiger partial charge in [-0.15, -0.1) is 0 Å². The van der Waals surface area contributed by atoms with Gasteiger partial charge in [0.05, 0.1) is 20.8 Å². The van der Waals surface area contributed by atoms with E-state index in [1.807, 2.05) is 13.0 Å². The quantitative estimate of drug-likeness (QED) is 0.728. The fraction of sp³-hybridized carbons (Fsp3) is 0.176. The van der Waals surface area contributed by atoms with E-state index in [-0.39, 0.29) is 10.8 Å². The second kappa shape index (κ2) is 6.45. The number of anilines is 2. The number of thiazole rings is 1. The van der Waals surface area contributed by atoms with Crippen LogP contribution < -0.4 is 10.0 Å². The van der Waals surface area contributed by atoms with E-state index in [4.69, 9.17) is 0 Å². The van der Waals surface area contributed by atoms with Gasteiger partial charge in [0.1, 0.15) is 0 Å². The van der Waals surface area contributed by atoms with Gasteiger partial charge in [0.25, 0.3) is 10.0 Å². The van der Waals surface area contributed by atoms with Gasteiger partial charge in [-0.3, -0.25) is 9.52 Å². The Hall–Kier alpha value is -2.45. The van der Waals surface area contributed by atoms with Gasteiger partial charge in [-0.25, -0.2) is 13.4 Å². The van der Waals surface area contributed by atoms with Crippen LogP contribution in [0.2, 0.25) is 0 Å². The van der Waals surface area contributed by atoms with Crippen molar-refractivity contribution in [2.45, 2.75) is 25.7 Å². The molecule has 1 aromatic heterocycles. The monoisotopic (exact) mass is 375 g/mol. The first kappa shape index (κ1) is 17.4. The second-order valence-corrected chi connectivity index (χ2v) is 8.44. The Balaban J connectivity index is 1.92. The van der Waals surface area contributed by atoms with Crippen LogP contribution >= 0.6 is 11.3 Å². The molecule has 0 radical (unpaired) electrons. The third kappa shape index (κ3) is 3.80. The molecule has 1 heterocycles. The number of amides is 1. The lowest BCUT2D eigenvalue weighted by molar-refractivity contribution is -0.114. The van der Waals surface area contributed by atoms with E-state index in [1.54, 1.807) is 37.3 Å². The summed E-state index contributed by atoms with van der Waals surface area (Å²) in [5, 5.41) is 3.11. The molecule has 3 rings (SSSR count). The Kier molecular flexibility index (Phi) is 4.49. The highest BCUT2D eigenvalue weighted by molar-refractivity contribution is 7.92. The average Bonchev–Trinajstić information content (AvgIpc) is 2.86. The van der Waals surface area contributed by atoms with Gasteiger partial charge in [0.15, 0.2) is 5.13 Å². The van der Waals surface area contributed by atoms with Crippen LogP contribution in [0.1, 0.15) is 18.1 Å². The van der Waals surface area contributed by atoms with Crippen molar-refractivity contribution < 1.29 is 13.2 Å². The zero-order chi connectivity index (χ0) is 18.2. The van der Waals surface area contributed by atoms with Crippen molar-refractivity contribution in [3.8, 4) is 0 Å². The normalized spacial score (nSPS) is 11.5. The van der Waals surface area contributed by atoms with Gasteiger partial charge in [-0.05, 0) is 43.7 Å². The molecule has 0 bridgehead atoms.